The Labute approximate surface area is 201 Å². The lowest BCUT2D eigenvalue weighted by Crippen LogP contribution is -1.87. The fraction of sp³-hybridized carbons (Fsp3) is 0.0323. The van der Waals surface area contributed by atoms with Crippen LogP contribution in [0.15, 0.2) is 102 Å². The van der Waals surface area contributed by atoms with Crippen molar-refractivity contribution in [3.05, 3.63) is 114 Å². The highest BCUT2D eigenvalue weighted by atomic mass is 19.1. The molecule has 6 aromatic rings. The van der Waals surface area contributed by atoms with Gasteiger partial charge >= 0.3 is 0 Å². The Balaban J connectivity index is 1.55. The van der Waals surface area contributed by atoms with Gasteiger partial charge in [0.2, 0.25) is 0 Å². The van der Waals surface area contributed by atoms with E-state index in [1.807, 2.05) is 48.5 Å². The average Bonchev–Trinajstić information content (AvgIpc) is 3.26. The van der Waals surface area contributed by atoms with Crippen LogP contribution in [0.25, 0.3) is 55.4 Å². The van der Waals surface area contributed by atoms with Gasteiger partial charge in [-0.1, -0.05) is 54.1 Å². The first kappa shape index (κ1) is 20.8. The van der Waals surface area contributed by atoms with Crippen LogP contribution in [0.1, 0.15) is 11.1 Å². The van der Waals surface area contributed by atoms with Crippen LogP contribution < -0.4 is 0 Å². The van der Waals surface area contributed by atoms with Crippen molar-refractivity contribution in [2.45, 2.75) is 6.92 Å². The highest BCUT2D eigenvalue weighted by Gasteiger charge is 2.17. The second kappa shape index (κ2) is 8.23. The summed E-state index contributed by atoms with van der Waals surface area (Å²) in [7, 11) is 0. The maximum atomic E-state index is 13.3. The number of nitriles is 1. The predicted molar refractivity (Wildman–Crippen MR) is 137 cm³/mol. The minimum Gasteiger partial charge on any atom is -0.455 e. The third-order valence-electron chi connectivity index (χ3n) is 6.29. The zero-order valence-electron chi connectivity index (χ0n) is 18.9. The second-order valence-electron chi connectivity index (χ2n) is 8.60. The van der Waals surface area contributed by atoms with Gasteiger partial charge in [-0.3, -0.25) is 4.98 Å². The van der Waals surface area contributed by atoms with Gasteiger partial charge in [0.15, 0.2) is 0 Å². The topological polar surface area (TPSA) is 49.8 Å². The minimum atomic E-state index is -0.375. The first-order valence-electron chi connectivity index (χ1n) is 11.3. The van der Waals surface area contributed by atoms with Gasteiger partial charge in [0.05, 0.1) is 23.5 Å². The fourth-order valence-corrected chi connectivity index (χ4v) is 4.60. The predicted octanol–water partition coefficient (Wildman–Crippen LogP) is 8.30. The van der Waals surface area contributed by atoms with Crippen LogP contribution in [0.5, 0.6) is 0 Å². The van der Waals surface area contributed by atoms with Gasteiger partial charge in [0.25, 0.3) is 0 Å². The molecule has 6 rings (SSSR count). The van der Waals surface area contributed by atoms with Gasteiger partial charge in [0, 0.05) is 21.9 Å². The molecule has 0 spiro atoms. The molecule has 4 aromatic carbocycles. The zero-order chi connectivity index (χ0) is 23.9. The van der Waals surface area contributed by atoms with Gasteiger partial charge in [-0.25, -0.2) is 4.39 Å². The summed E-state index contributed by atoms with van der Waals surface area (Å²) in [5, 5.41) is 11.8. The number of halogens is 1. The molecule has 4 heteroatoms. The number of benzene rings is 4. The Morgan fingerprint density at radius 2 is 1.54 bits per heavy atom. The SMILES string of the molecule is Cc1cccc(-c2cccc(-c3c(C#N)ccc4c3oc3cc(-c5ccc(F)cn5)ccc34)c2)c1. The van der Waals surface area contributed by atoms with E-state index in [1.54, 1.807) is 6.07 Å². The Hall–Kier alpha value is -4.75. The molecule has 0 aliphatic heterocycles. The molecule has 3 nitrogen and oxygen atoms in total. The smallest absolute Gasteiger partial charge is 0.144 e. The highest BCUT2D eigenvalue weighted by molar-refractivity contribution is 6.11. The number of hydrogen-bond acceptors (Lipinski definition) is 3. The van der Waals surface area contributed by atoms with E-state index in [-0.39, 0.29) is 5.82 Å². The Morgan fingerprint density at radius 3 is 2.31 bits per heavy atom. The monoisotopic (exact) mass is 454 g/mol. The number of nitrogens with zero attached hydrogens (tertiary/aromatic N) is 2. The molecular weight excluding hydrogens is 435 g/mol. The van der Waals surface area contributed by atoms with Crippen molar-refractivity contribution in [2.24, 2.45) is 0 Å². The molecule has 0 fully saturated rings. The molecule has 0 amide bonds. The summed E-state index contributed by atoms with van der Waals surface area (Å²) < 4.78 is 19.7. The van der Waals surface area contributed by atoms with Gasteiger partial charge < -0.3 is 4.42 Å². The number of hydrogen-bond donors (Lipinski definition) is 0. The van der Waals surface area contributed by atoms with E-state index in [2.05, 4.69) is 48.3 Å². The summed E-state index contributed by atoms with van der Waals surface area (Å²) in [6, 6.07) is 31.6. The number of rotatable bonds is 3. The van der Waals surface area contributed by atoms with Crippen LogP contribution >= 0.6 is 0 Å². The summed E-state index contributed by atoms with van der Waals surface area (Å²) in [6.45, 7) is 2.08. The summed E-state index contributed by atoms with van der Waals surface area (Å²) >= 11 is 0. The Bertz CT molecular complexity index is 1780. The van der Waals surface area contributed by atoms with E-state index in [9.17, 15) is 9.65 Å². The second-order valence-corrected chi connectivity index (χ2v) is 8.60. The Kier molecular flexibility index (Phi) is 4.90. The Morgan fingerprint density at radius 1 is 0.771 bits per heavy atom. The van der Waals surface area contributed by atoms with Gasteiger partial charge in [-0.15, -0.1) is 0 Å². The summed E-state index contributed by atoms with van der Waals surface area (Å²) in [5.74, 6) is -0.375. The molecule has 35 heavy (non-hydrogen) atoms. The van der Waals surface area contributed by atoms with Crippen molar-refractivity contribution >= 4 is 21.9 Å². The van der Waals surface area contributed by atoms with Crippen LogP contribution in [0, 0.1) is 24.1 Å². The number of aromatic nitrogens is 1. The van der Waals surface area contributed by atoms with Crippen molar-refractivity contribution < 1.29 is 8.81 Å². The largest absolute Gasteiger partial charge is 0.455 e. The van der Waals surface area contributed by atoms with Crippen LogP contribution in [0.2, 0.25) is 0 Å². The van der Waals surface area contributed by atoms with E-state index in [0.29, 0.717) is 22.4 Å². The molecule has 0 bridgehead atoms. The normalized spacial score (nSPS) is 11.1. The number of fused-ring (bicyclic) bond motifs is 3. The summed E-state index contributed by atoms with van der Waals surface area (Å²) in [6.07, 6.45) is 1.21. The molecule has 0 aliphatic rings. The van der Waals surface area contributed by atoms with Crippen molar-refractivity contribution in [3.63, 3.8) is 0 Å². The zero-order valence-corrected chi connectivity index (χ0v) is 18.9. The average molecular weight is 455 g/mol. The van der Waals surface area contributed by atoms with Crippen molar-refractivity contribution in [2.75, 3.05) is 0 Å². The summed E-state index contributed by atoms with van der Waals surface area (Å²) in [5.41, 5.74) is 8.50. The third-order valence-corrected chi connectivity index (χ3v) is 6.29. The fourth-order valence-electron chi connectivity index (χ4n) is 4.60. The maximum Gasteiger partial charge on any atom is 0.144 e. The van der Waals surface area contributed by atoms with Crippen LogP contribution in [-0.4, -0.2) is 4.98 Å². The quantitative estimate of drug-likeness (QED) is 0.270. The molecule has 0 N–H and O–H groups in total. The van der Waals surface area contributed by atoms with Crippen molar-refractivity contribution in [1.29, 1.82) is 5.26 Å². The van der Waals surface area contributed by atoms with Crippen molar-refractivity contribution in [3.8, 4) is 39.6 Å². The van der Waals surface area contributed by atoms with Gasteiger partial charge in [0.1, 0.15) is 17.0 Å². The number of pyridine rings is 1. The standard InChI is InChI=1S/C31H19FN2O/c1-19-4-2-5-20(14-19)21-6-3-7-23(15-21)30-24(17-33)9-12-27-26-11-8-22(16-29(26)35-31(27)30)28-13-10-25(32)18-34-28/h2-16,18H,1H3. The maximum absolute atomic E-state index is 13.3. The molecule has 0 unspecified atom stereocenters. The van der Waals surface area contributed by atoms with Gasteiger partial charge in [-0.2, -0.15) is 5.26 Å². The van der Waals surface area contributed by atoms with Gasteiger partial charge in [-0.05, 0) is 66.1 Å². The van der Waals surface area contributed by atoms with Crippen LogP contribution in [0.3, 0.4) is 0 Å². The highest BCUT2D eigenvalue weighted by Crippen LogP contribution is 2.40. The third kappa shape index (κ3) is 3.64. The molecule has 0 saturated carbocycles. The lowest BCUT2D eigenvalue weighted by atomic mass is 9.94. The molecule has 166 valence electrons. The molecule has 2 heterocycles. The molecule has 0 radical (unpaired) electrons. The van der Waals surface area contributed by atoms with Crippen LogP contribution in [-0.2, 0) is 0 Å². The van der Waals surface area contributed by atoms with E-state index in [4.69, 9.17) is 4.42 Å². The molecule has 2 aromatic heterocycles. The van der Waals surface area contributed by atoms with E-state index in [0.717, 1.165) is 38.6 Å². The van der Waals surface area contributed by atoms with Crippen molar-refractivity contribution in [1.82, 2.24) is 4.98 Å². The first-order valence-corrected chi connectivity index (χ1v) is 11.3. The number of aryl methyl sites for hydroxylation is 1. The molecule has 0 saturated heterocycles. The summed E-state index contributed by atoms with van der Waals surface area (Å²) in [4.78, 5) is 4.19. The minimum absolute atomic E-state index is 0.375. The number of furan rings is 1. The van der Waals surface area contributed by atoms with E-state index < -0.39 is 0 Å². The lowest BCUT2D eigenvalue weighted by Gasteiger charge is -2.09. The van der Waals surface area contributed by atoms with E-state index in [1.165, 1.54) is 17.8 Å². The molecule has 0 atom stereocenters. The van der Waals surface area contributed by atoms with E-state index >= 15 is 0 Å². The molecular formula is C31H19FN2O. The van der Waals surface area contributed by atoms with Crippen LogP contribution in [0.4, 0.5) is 4.39 Å². The molecule has 0 aliphatic carbocycles. The first-order chi connectivity index (χ1) is 17.1. The lowest BCUT2D eigenvalue weighted by molar-refractivity contribution is 0.622.